The molecule has 0 aromatic carbocycles. The summed E-state index contributed by atoms with van der Waals surface area (Å²) in [6.45, 7) is 4.35. The standard InChI is InChI=1S/C15H23NO3/c1-4-5-12-13(15(17)18-3)19-14(16-12)11-8-6-10(2)7-9-11/h10-11H,4-9H2,1-3H3. The second-order valence-corrected chi connectivity index (χ2v) is 5.53. The molecule has 106 valence electrons. The maximum absolute atomic E-state index is 11.7. The minimum absolute atomic E-state index is 0.304. The lowest BCUT2D eigenvalue weighted by Crippen LogP contribution is -2.11. The number of carbonyl (C=O) groups is 1. The van der Waals surface area contributed by atoms with E-state index < -0.39 is 5.97 Å². The van der Waals surface area contributed by atoms with Crippen LogP contribution < -0.4 is 0 Å². The predicted molar refractivity (Wildman–Crippen MR) is 72.2 cm³/mol. The Morgan fingerprint density at radius 3 is 2.63 bits per heavy atom. The molecule has 4 heteroatoms. The van der Waals surface area contributed by atoms with Crippen LogP contribution in [0.1, 0.15) is 74.0 Å². The lowest BCUT2D eigenvalue weighted by molar-refractivity contribution is 0.0560. The van der Waals surface area contributed by atoms with Crippen molar-refractivity contribution in [2.75, 3.05) is 7.11 Å². The van der Waals surface area contributed by atoms with Gasteiger partial charge in [-0.3, -0.25) is 0 Å². The minimum atomic E-state index is -0.411. The summed E-state index contributed by atoms with van der Waals surface area (Å²) in [7, 11) is 1.38. The molecule has 0 N–H and O–H groups in total. The first-order valence-corrected chi connectivity index (χ1v) is 7.23. The quantitative estimate of drug-likeness (QED) is 0.779. The van der Waals surface area contributed by atoms with Crippen molar-refractivity contribution in [3.8, 4) is 0 Å². The molecule has 0 amide bonds. The molecule has 0 unspecified atom stereocenters. The lowest BCUT2D eigenvalue weighted by atomic mass is 9.83. The third-order valence-electron chi connectivity index (χ3n) is 3.94. The van der Waals surface area contributed by atoms with Crippen LogP contribution >= 0.6 is 0 Å². The van der Waals surface area contributed by atoms with Crippen LogP contribution in [0.2, 0.25) is 0 Å². The van der Waals surface area contributed by atoms with Crippen molar-refractivity contribution in [2.24, 2.45) is 5.92 Å². The van der Waals surface area contributed by atoms with Gasteiger partial charge in [0, 0.05) is 5.92 Å². The summed E-state index contributed by atoms with van der Waals surface area (Å²) in [5.74, 6) is 1.78. The Labute approximate surface area is 114 Å². The van der Waals surface area contributed by atoms with Crippen molar-refractivity contribution in [3.63, 3.8) is 0 Å². The van der Waals surface area contributed by atoms with E-state index in [1.165, 1.54) is 20.0 Å². The summed E-state index contributed by atoms with van der Waals surface area (Å²) in [6, 6.07) is 0. The number of carbonyl (C=O) groups excluding carboxylic acids is 1. The molecular formula is C15H23NO3. The molecule has 0 radical (unpaired) electrons. The topological polar surface area (TPSA) is 52.3 Å². The summed E-state index contributed by atoms with van der Waals surface area (Å²) in [5.41, 5.74) is 0.753. The Balaban J connectivity index is 2.19. The molecule has 4 nitrogen and oxygen atoms in total. The van der Waals surface area contributed by atoms with Gasteiger partial charge in [-0.2, -0.15) is 0 Å². The van der Waals surface area contributed by atoms with E-state index >= 15 is 0 Å². The third-order valence-corrected chi connectivity index (χ3v) is 3.94. The molecule has 1 aromatic heterocycles. The van der Waals surface area contributed by atoms with E-state index in [0.29, 0.717) is 11.7 Å². The highest BCUT2D eigenvalue weighted by Crippen LogP contribution is 2.35. The van der Waals surface area contributed by atoms with Gasteiger partial charge < -0.3 is 9.15 Å². The summed E-state index contributed by atoms with van der Waals surface area (Å²) < 4.78 is 10.5. The normalized spacial score (nSPS) is 23.3. The first-order chi connectivity index (χ1) is 9.15. The molecule has 1 heterocycles. The van der Waals surface area contributed by atoms with Gasteiger partial charge in [0.2, 0.25) is 5.76 Å². The van der Waals surface area contributed by atoms with Gasteiger partial charge in [0.25, 0.3) is 0 Å². The van der Waals surface area contributed by atoms with Crippen molar-refractivity contribution in [3.05, 3.63) is 17.3 Å². The number of hydrogen-bond acceptors (Lipinski definition) is 4. The number of hydrogen-bond donors (Lipinski definition) is 0. The smallest absolute Gasteiger partial charge is 0.375 e. The maximum Gasteiger partial charge on any atom is 0.375 e. The van der Waals surface area contributed by atoms with Gasteiger partial charge in [0.1, 0.15) is 0 Å². The van der Waals surface area contributed by atoms with E-state index in [9.17, 15) is 4.79 Å². The van der Waals surface area contributed by atoms with Gasteiger partial charge in [0.05, 0.1) is 12.8 Å². The average molecular weight is 265 g/mol. The van der Waals surface area contributed by atoms with Gasteiger partial charge >= 0.3 is 5.97 Å². The van der Waals surface area contributed by atoms with Crippen LogP contribution in [0, 0.1) is 5.92 Å². The molecule has 19 heavy (non-hydrogen) atoms. The number of ether oxygens (including phenoxy) is 1. The highest BCUT2D eigenvalue weighted by Gasteiger charge is 2.27. The van der Waals surface area contributed by atoms with Gasteiger partial charge in [-0.1, -0.05) is 20.3 Å². The van der Waals surface area contributed by atoms with Crippen LogP contribution in [-0.2, 0) is 11.2 Å². The average Bonchev–Trinajstić information content (AvgIpc) is 2.83. The number of esters is 1. The van der Waals surface area contributed by atoms with Crippen LogP contribution in [0.5, 0.6) is 0 Å². The van der Waals surface area contributed by atoms with Crippen molar-refractivity contribution < 1.29 is 13.9 Å². The first kappa shape index (κ1) is 14.1. The summed E-state index contributed by atoms with van der Waals surface area (Å²) in [4.78, 5) is 16.3. The van der Waals surface area contributed by atoms with E-state index in [-0.39, 0.29) is 0 Å². The van der Waals surface area contributed by atoms with Crippen LogP contribution in [-0.4, -0.2) is 18.1 Å². The molecular weight excluding hydrogens is 242 g/mol. The van der Waals surface area contributed by atoms with E-state index in [0.717, 1.165) is 43.2 Å². The fraction of sp³-hybridized carbons (Fsp3) is 0.733. The number of methoxy groups -OCH3 is 1. The van der Waals surface area contributed by atoms with Crippen LogP contribution in [0.4, 0.5) is 0 Å². The van der Waals surface area contributed by atoms with E-state index in [4.69, 9.17) is 9.15 Å². The van der Waals surface area contributed by atoms with Crippen molar-refractivity contribution in [1.82, 2.24) is 4.98 Å². The number of nitrogens with zero attached hydrogens (tertiary/aromatic N) is 1. The van der Waals surface area contributed by atoms with Crippen LogP contribution in [0.15, 0.2) is 4.42 Å². The zero-order valence-corrected chi connectivity index (χ0v) is 12.1. The van der Waals surface area contributed by atoms with E-state index in [1.54, 1.807) is 0 Å². The van der Waals surface area contributed by atoms with Gasteiger partial charge in [-0.25, -0.2) is 9.78 Å². The number of aryl methyl sites for hydroxylation is 1. The van der Waals surface area contributed by atoms with Crippen molar-refractivity contribution in [2.45, 2.75) is 58.3 Å². The largest absolute Gasteiger partial charge is 0.463 e. The zero-order valence-electron chi connectivity index (χ0n) is 12.1. The van der Waals surface area contributed by atoms with Crippen LogP contribution in [0.3, 0.4) is 0 Å². The molecule has 1 saturated carbocycles. The Hall–Kier alpha value is -1.32. The van der Waals surface area contributed by atoms with Crippen molar-refractivity contribution in [1.29, 1.82) is 0 Å². The molecule has 1 aromatic rings. The van der Waals surface area contributed by atoms with Gasteiger partial charge in [-0.15, -0.1) is 0 Å². The summed E-state index contributed by atoms with van der Waals surface area (Å²) in [5, 5.41) is 0. The fourth-order valence-electron chi connectivity index (χ4n) is 2.71. The maximum atomic E-state index is 11.7. The molecule has 2 rings (SSSR count). The predicted octanol–water partition coefficient (Wildman–Crippen LogP) is 3.71. The molecule has 0 spiro atoms. The summed E-state index contributed by atoms with van der Waals surface area (Å²) >= 11 is 0. The molecule has 0 aliphatic heterocycles. The molecule has 1 aliphatic carbocycles. The Morgan fingerprint density at radius 1 is 1.37 bits per heavy atom. The van der Waals surface area contributed by atoms with E-state index in [2.05, 4.69) is 18.8 Å². The Bertz CT molecular complexity index is 431. The Morgan fingerprint density at radius 2 is 2.05 bits per heavy atom. The second kappa shape index (κ2) is 6.22. The van der Waals surface area contributed by atoms with Gasteiger partial charge in [-0.05, 0) is 38.0 Å². The molecule has 1 aliphatic rings. The second-order valence-electron chi connectivity index (χ2n) is 5.53. The molecule has 0 saturated heterocycles. The Kier molecular flexibility index (Phi) is 4.61. The van der Waals surface area contributed by atoms with Crippen molar-refractivity contribution >= 4 is 5.97 Å². The number of rotatable bonds is 4. The number of aromatic nitrogens is 1. The third kappa shape index (κ3) is 3.17. The minimum Gasteiger partial charge on any atom is -0.463 e. The molecule has 0 bridgehead atoms. The fourth-order valence-corrected chi connectivity index (χ4v) is 2.71. The lowest BCUT2D eigenvalue weighted by Gasteiger charge is -2.23. The monoisotopic (exact) mass is 265 g/mol. The highest BCUT2D eigenvalue weighted by molar-refractivity contribution is 5.87. The van der Waals surface area contributed by atoms with Crippen LogP contribution in [0.25, 0.3) is 0 Å². The van der Waals surface area contributed by atoms with Gasteiger partial charge in [0.15, 0.2) is 5.89 Å². The molecule has 0 atom stereocenters. The first-order valence-electron chi connectivity index (χ1n) is 7.23. The molecule has 1 fully saturated rings. The highest BCUT2D eigenvalue weighted by atomic mass is 16.5. The van der Waals surface area contributed by atoms with E-state index in [1.807, 2.05) is 0 Å². The zero-order chi connectivity index (χ0) is 13.8. The number of oxazole rings is 1. The summed E-state index contributed by atoms with van der Waals surface area (Å²) in [6.07, 6.45) is 6.34. The SMILES string of the molecule is CCCc1nc(C2CCC(C)CC2)oc1C(=O)OC.